The molecular weight excluding hydrogens is 212 g/mol. The average Bonchev–Trinajstić information content (AvgIpc) is 2.36. The van der Waals surface area contributed by atoms with Crippen molar-refractivity contribution in [2.24, 2.45) is 5.73 Å². The first-order valence-corrected chi connectivity index (χ1v) is 6.07. The minimum absolute atomic E-state index is 0.0430. The van der Waals surface area contributed by atoms with Gasteiger partial charge in [-0.3, -0.25) is 4.79 Å². The maximum atomic E-state index is 11.4. The molecule has 0 bridgehead atoms. The summed E-state index contributed by atoms with van der Waals surface area (Å²) in [5.41, 5.74) is 6.47. The van der Waals surface area contributed by atoms with Gasteiger partial charge in [-0.05, 0) is 12.0 Å². The molecule has 0 saturated carbocycles. The second kappa shape index (κ2) is 5.82. The van der Waals surface area contributed by atoms with E-state index in [1.54, 1.807) is 0 Å². The highest BCUT2D eigenvalue weighted by Crippen LogP contribution is 2.28. The van der Waals surface area contributed by atoms with Gasteiger partial charge in [-0.25, -0.2) is 0 Å². The smallest absolute Gasteiger partial charge is 0.233 e. The van der Waals surface area contributed by atoms with Gasteiger partial charge >= 0.3 is 0 Å². The maximum absolute atomic E-state index is 11.4. The van der Waals surface area contributed by atoms with Crippen LogP contribution in [0, 0.1) is 0 Å². The molecular formula is C14H22N2O. The number of nitrogens with one attached hydrogen (secondary N) is 1. The molecule has 0 fully saturated rings. The van der Waals surface area contributed by atoms with Crippen molar-refractivity contribution in [3.63, 3.8) is 0 Å². The van der Waals surface area contributed by atoms with Gasteiger partial charge in [0.15, 0.2) is 0 Å². The number of hydrogen-bond donors (Lipinski definition) is 2. The lowest BCUT2D eigenvalue weighted by atomic mass is 9.76. The van der Waals surface area contributed by atoms with Crippen molar-refractivity contribution in [2.75, 3.05) is 6.54 Å². The van der Waals surface area contributed by atoms with Crippen LogP contribution >= 0.6 is 0 Å². The average molecular weight is 234 g/mol. The van der Waals surface area contributed by atoms with Crippen LogP contribution in [0.5, 0.6) is 0 Å². The van der Waals surface area contributed by atoms with E-state index in [1.807, 2.05) is 18.2 Å². The minimum atomic E-state index is -0.0964. The molecule has 0 spiro atoms. The Morgan fingerprint density at radius 2 is 1.94 bits per heavy atom. The topological polar surface area (TPSA) is 55.1 Å². The molecule has 3 N–H and O–H groups in total. The molecule has 0 aliphatic rings. The van der Waals surface area contributed by atoms with Crippen molar-refractivity contribution in [3.8, 4) is 0 Å². The zero-order valence-electron chi connectivity index (χ0n) is 10.9. The molecule has 0 aliphatic heterocycles. The zero-order valence-corrected chi connectivity index (χ0v) is 10.9. The third kappa shape index (κ3) is 3.30. The van der Waals surface area contributed by atoms with Crippen LogP contribution in [0.4, 0.5) is 0 Å². The van der Waals surface area contributed by atoms with Gasteiger partial charge in [-0.1, -0.05) is 51.1 Å². The van der Waals surface area contributed by atoms with E-state index < -0.39 is 0 Å². The van der Waals surface area contributed by atoms with Crippen LogP contribution in [0.1, 0.15) is 32.8 Å². The number of benzene rings is 1. The van der Waals surface area contributed by atoms with Gasteiger partial charge in [-0.15, -0.1) is 0 Å². The molecule has 1 unspecified atom stereocenters. The van der Waals surface area contributed by atoms with Crippen LogP contribution in [0.25, 0.3) is 0 Å². The van der Waals surface area contributed by atoms with E-state index in [1.165, 1.54) is 5.56 Å². The summed E-state index contributed by atoms with van der Waals surface area (Å²) in [6, 6.07) is 10.3. The molecule has 1 amide bonds. The quantitative estimate of drug-likeness (QED) is 0.816. The molecule has 1 aromatic rings. The Labute approximate surface area is 103 Å². The van der Waals surface area contributed by atoms with Gasteiger partial charge in [0.05, 0.1) is 6.54 Å². The Bertz CT molecular complexity index is 360. The Kier molecular flexibility index (Phi) is 4.70. The lowest BCUT2D eigenvalue weighted by molar-refractivity contribution is -0.120. The number of carbonyl (C=O) groups is 1. The second-order valence-corrected chi connectivity index (χ2v) is 4.82. The first-order valence-electron chi connectivity index (χ1n) is 6.07. The first kappa shape index (κ1) is 13.7. The summed E-state index contributed by atoms with van der Waals surface area (Å²) < 4.78 is 0. The summed E-state index contributed by atoms with van der Waals surface area (Å²) in [5, 5.41) is 2.99. The summed E-state index contributed by atoms with van der Waals surface area (Å²) in [4.78, 5) is 11.4. The van der Waals surface area contributed by atoms with Crippen LogP contribution in [-0.2, 0) is 10.2 Å². The fourth-order valence-corrected chi connectivity index (χ4v) is 2.11. The highest BCUT2D eigenvalue weighted by atomic mass is 16.1. The summed E-state index contributed by atoms with van der Waals surface area (Å²) >= 11 is 0. The van der Waals surface area contributed by atoms with Crippen molar-refractivity contribution in [2.45, 2.75) is 38.6 Å². The third-order valence-electron chi connectivity index (χ3n) is 3.32. The molecule has 3 heteroatoms. The summed E-state index contributed by atoms with van der Waals surface area (Å²) in [6.07, 6.45) is 0.883. The van der Waals surface area contributed by atoms with E-state index in [4.69, 9.17) is 5.73 Å². The largest absolute Gasteiger partial charge is 0.351 e. The maximum Gasteiger partial charge on any atom is 0.233 e. The molecule has 1 aromatic carbocycles. The molecule has 0 aromatic heterocycles. The molecule has 3 nitrogen and oxygen atoms in total. The van der Waals surface area contributed by atoms with Crippen LogP contribution < -0.4 is 11.1 Å². The molecule has 0 saturated heterocycles. The summed E-state index contributed by atoms with van der Waals surface area (Å²) in [7, 11) is 0. The monoisotopic (exact) mass is 234 g/mol. The number of carbonyl (C=O) groups excluding carboxylic acids is 1. The second-order valence-electron chi connectivity index (χ2n) is 4.82. The molecule has 0 aliphatic carbocycles. The van der Waals surface area contributed by atoms with E-state index >= 15 is 0 Å². The van der Waals surface area contributed by atoms with Crippen molar-refractivity contribution in [1.82, 2.24) is 5.32 Å². The summed E-state index contributed by atoms with van der Waals surface area (Å²) in [5.74, 6) is -0.0964. The first-order chi connectivity index (χ1) is 8.02. The van der Waals surface area contributed by atoms with Gasteiger partial charge in [0, 0.05) is 11.5 Å². The number of hydrogen-bond acceptors (Lipinski definition) is 2. The SMILES string of the molecule is CCC(NC(=O)CN)C(C)(C)c1ccccc1. The van der Waals surface area contributed by atoms with Gasteiger partial charge in [0.1, 0.15) is 0 Å². The Balaban J connectivity index is 2.90. The highest BCUT2D eigenvalue weighted by molar-refractivity contribution is 5.78. The predicted molar refractivity (Wildman–Crippen MR) is 70.7 cm³/mol. The normalized spacial score (nSPS) is 13.2. The Hall–Kier alpha value is -1.35. The van der Waals surface area contributed by atoms with Crippen LogP contribution in [0.2, 0.25) is 0 Å². The molecule has 0 radical (unpaired) electrons. The zero-order chi connectivity index (χ0) is 12.9. The molecule has 94 valence electrons. The molecule has 0 heterocycles. The number of amides is 1. The molecule has 1 atom stereocenters. The van der Waals surface area contributed by atoms with Gasteiger partial charge in [0.2, 0.25) is 5.91 Å². The number of rotatable bonds is 5. The van der Waals surface area contributed by atoms with E-state index in [-0.39, 0.29) is 23.9 Å². The Morgan fingerprint density at radius 3 is 2.41 bits per heavy atom. The molecule has 17 heavy (non-hydrogen) atoms. The van der Waals surface area contributed by atoms with E-state index in [0.29, 0.717) is 0 Å². The fraction of sp³-hybridized carbons (Fsp3) is 0.500. The van der Waals surface area contributed by atoms with Crippen molar-refractivity contribution < 1.29 is 4.79 Å². The molecule has 1 rings (SSSR count). The highest BCUT2D eigenvalue weighted by Gasteiger charge is 2.30. The summed E-state index contributed by atoms with van der Waals surface area (Å²) in [6.45, 7) is 6.41. The standard InChI is InChI=1S/C14H22N2O/c1-4-12(16-13(17)10-15)14(2,3)11-8-6-5-7-9-11/h5-9,12H,4,10,15H2,1-3H3,(H,16,17). The van der Waals surface area contributed by atoms with Crippen LogP contribution in [-0.4, -0.2) is 18.5 Å². The Morgan fingerprint density at radius 1 is 1.35 bits per heavy atom. The van der Waals surface area contributed by atoms with Crippen molar-refractivity contribution in [3.05, 3.63) is 35.9 Å². The van der Waals surface area contributed by atoms with Crippen LogP contribution in [0.15, 0.2) is 30.3 Å². The van der Waals surface area contributed by atoms with Crippen LogP contribution in [0.3, 0.4) is 0 Å². The van der Waals surface area contributed by atoms with E-state index in [9.17, 15) is 4.79 Å². The van der Waals surface area contributed by atoms with E-state index in [2.05, 4.69) is 38.2 Å². The van der Waals surface area contributed by atoms with Gasteiger partial charge in [-0.2, -0.15) is 0 Å². The van der Waals surface area contributed by atoms with Crippen molar-refractivity contribution >= 4 is 5.91 Å². The lowest BCUT2D eigenvalue weighted by Crippen LogP contribution is -2.48. The minimum Gasteiger partial charge on any atom is -0.351 e. The predicted octanol–water partition coefficient (Wildman–Crippen LogP) is 1.82. The number of nitrogens with two attached hydrogens (primary N) is 1. The van der Waals surface area contributed by atoms with Gasteiger partial charge < -0.3 is 11.1 Å². The lowest BCUT2D eigenvalue weighted by Gasteiger charge is -2.35. The third-order valence-corrected chi connectivity index (χ3v) is 3.32. The van der Waals surface area contributed by atoms with Gasteiger partial charge in [0.25, 0.3) is 0 Å². The van der Waals surface area contributed by atoms with E-state index in [0.717, 1.165) is 6.42 Å². The van der Waals surface area contributed by atoms with Crippen molar-refractivity contribution in [1.29, 1.82) is 0 Å². The fourth-order valence-electron chi connectivity index (χ4n) is 2.11.